The number of rotatable bonds is 4. The van der Waals surface area contributed by atoms with E-state index in [4.69, 9.17) is 5.73 Å². The smallest absolute Gasteiger partial charge is 0.269 e. The Kier molecular flexibility index (Phi) is 5.74. The summed E-state index contributed by atoms with van der Waals surface area (Å²) in [6, 6.07) is 5.42. The van der Waals surface area contributed by atoms with E-state index in [0.717, 1.165) is 0 Å². The SMILES string of the molecule is CC(C)(N)CNC(=O)c1ccc([N+](=O)[O-])cc1.Cl. The highest BCUT2D eigenvalue weighted by atomic mass is 35.5. The molecule has 0 fully saturated rings. The van der Waals surface area contributed by atoms with Crippen LogP contribution >= 0.6 is 12.4 Å². The summed E-state index contributed by atoms with van der Waals surface area (Å²) in [5, 5.41) is 13.1. The van der Waals surface area contributed by atoms with Crippen molar-refractivity contribution in [3.05, 3.63) is 39.9 Å². The first kappa shape index (κ1) is 16.3. The molecule has 0 heterocycles. The fourth-order valence-corrected chi connectivity index (χ4v) is 1.14. The summed E-state index contributed by atoms with van der Waals surface area (Å²) >= 11 is 0. The van der Waals surface area contributed by atoms with E-state index >= 15 is 0 Å². The van der Waals surface area contributed by atoms with E-state index in [1.807, 2.05) is 0 Å². The van der Waals surface area contributed by atoms with Crippen molar-refractivity contribution in [3.63, 3.8) is 0 Å². The minimum absolute atomic E-state index is 0. The third kappa shape index (κ3) is 5.11. The van der Waals surface area contributed by atoms with E-state index in [1.54, 1.807) is 13.8 Å². The third-order valence-electron chi connectivity index (χ3n) is 2.04. The van der Waals surface area contributed by atoms with Crippen LogP contribution in [-0.4, -0.2) is 22.9 Å². The number of amides is 1. The van der Waals surface area contributed by atoms with Crippen molar-refractivity contribution >= 4 is 24.0 Å². The Morgan fingerprint density at radius 1 is 1.39 bits per heavy atom. The molecule has 1 aromatic rings. The van der Waals surface area contributed by atoms with E-state index in [2.05, 4.69) is 5.32 Å². The molecule has 0 aromatic heterocycles. The molecule has 7 heteroatoms. The van der Waals surface area contributed by atoms with Gasteiger partial charge in [0.05, 0.1) is 4.92 Å². The Bertz CT molecular complexity index is 426. The zero-order valence-corrected chi connectivity index (χ0v) is 11.0. The van der Waals surface area contributed by atoms with Crippen molar-refractivity contribution in [1.29, 1.82) is 0 Å². The molecule has 0 saturated carbocycles. The van der Waals surface area contributed by atoms with Crippen LogP contribution in [0.4, 0.5) is 5.69 Å². The van der Waals surface area contributed by atoms with Crippen LogP contribution in [0.15, 0.2) is 24.3 Å². The molecule has 0 atom stereocenters. The lowest BCUT2D eigenvalue weighted by Crippen LogP contribution is -2.45. The molecule has 0 unspecified atom stereocenters. The molecule has 0 bridgehead atoms. The number of benzene rings is 1. The number of nitro groups is 1. The summed E-state index contributed by atoms with van der Waals surface area (Å²) in [5.41, 5.74) is 5.57. The molecule has 0 saturated heterocycles. The van der Waals surface area contributed by atoms with Crippen LogP contribution < -0.4 is 11.1 Å². The van der Waals surface area contributed by atoms with Gasteiger partial charge < -0.3 is 11.1 Å². The average Bonchev–Trinajstić information content (AvgIpc) is 2.25. The number of nitrogens with one attached hydrogen (secondary N) is 1. The number of halogens is 1. The van der Waals surface area contributed by atoms with E-state index in [-0.39, 0.29) is 24.0 Å². The third-order valence-corrected chi connectivity index (χ3v) is 2.04. The van der Waals surface area contributed by atoms with Gasteiger partial charge in [0.15, 0.2) is 0 Å². The molecule has 0 aliphatic carbocycles. The number of hydrogen-bond acceptors (Lipinski definition) is 4. The molecule has 1 rings (SSSR count). The first-order chi connectivity index (χ1) is 7.79. The van der Waals surface area contributed by atoms with Crippen LogP contribution in [0.25, 0.3) is 0 Å². The van der Waals surface area contributed by atoms with Gasteiger partial charge in [-0.05, 0) is 26.0 Å². The molecule has 0 spiro atoms. The second kappa shape index (κ2) is 6.32. The van der Waals surface area contributed by atoms with Crippen LogP contribution in [0.5, 0.6) is 0 Å². The number of nitrogens with two attached hydrogens (primary N) is 1. The summed E-state index contributed by atoms with van der Waals surface area (Å²) in [4.78, 5) is 21.6. The molecule has 0 aliphatic heterocycles. The second-order valence-corrected chi connectivity index (χ2v) is 4.48. The Balaban J connectivity index is 0.00000289. The summed E-state index contributed by atoms with van der Waals surface area (Å²) in [5.74, 6) is -0.293. The van der Waals surface area contributed by atoms with Gasteiger partial charge in [-0.1, -0.05) is 0 Å². The van der Waals surface area contributed by atoms with Gasteiger partial charge in [-0.3, -0.25) is 14.9 Å². The Labute approximate surface area is 111 Å². The van der Waals surface area contributed by atoms with Crippen molar-refractivity contribution in [2.45, 2.75) is 19.4 Å². The molecule has 1 amide bonds. The molecule has 18 heavy (non-hydrogen) atoms. The van der Waals surface area contributed by atoms with E-state index < -0.39 is 10.5 Å². The molecule has 0 aliphatic rings. The Morgan fingerprint density at radius 3 is 2.28 bits per heavy atom. The second-order valence-electron chi connectivity index (χ2n) is 4.48. The highest BCUT2D eigenvalue weighted by Crippen LogP contribution is 2.11. The number of carbonyl (C=O) groups is 1. The quantitative estimate of drug-likeness (QED) is 0.641. The molecular formula is C11H16ClN3O3. The number of carbonyl (C=O) groups excluding carboxylic acids is 1. The molecule has 3 N–H and O–H groups in total. The van der Waals surface area contributed by atoms with Gasteiger partial charge >= 0.3 is 0 Å². The summed E-state index contributed by atoms with van der Waals surface area (Å²) in [6.45, 7) is 3.93. The summed E-state index contributed by atoms with van der Waals surface area (Å²) in [6.07, 6.45) is 0. The largest absolute Gasteiger partial charge is 0.350 e. The first-order valence-electron chi connectivity index (χ1n) is 5.11. The van der Waals surface area contributed by atoms with Gasteiger partial charge in [0.1, 0.15) is 0 Å². The normalized spacial score (nSPS) is 10.4. The van der Waals surface area contributed by atoms with Crippen molar-refractivity contribution in [2.24, 2.45) is 5.73 Å². The number of hydrogen-bond donors (Lipinski definition) is 2. The standard InChI is InChI=1S/C11H15N3O3.ClH/c1-11(2,12)7-13-10(15)8-3-5-9(6-4-8)14(16)17;/h3-6H,7,12H2,1-2H3,(H,13,15);1H. The Hall–Kier alpha value is -1.66. The fourth-order valence-electron chi connectivity index (χ4n) is 1.14. The van der Waals surface area contributed by atoms with Crippen molar-refractivity contribution in [2.75, 3.05) is 6.54 Å². The number of nitrogens with zero attached hydrogens (tertiary/aromatic N) is 1. The maximum absolute atomic E-state index is 11.6. The number of nitro benzene ring substituents is 1. The fraction of sp³-hybridized carbons (Fsp3) is 0.364. The summed E-state index contributed by atoms with van der Waals surface area (Å²) in [7, 11) is 0. The van der Waals surface area contributed by atoms with Crippen LogP contribution in [-0.2, 0) is 0 Å². The monoisotopic (exact) mass is 273 g/mol. The molecule has 6 nitrogen and oxygen atoms in total. The van der Waals surface area contributed by atoms with Crippen molar-refractivity contribution < 1.29 is 9.72 Å². The highest BCUT2D eigenvalue weighted by molar-refractivity contribution is 5.94. The minimum atomic E-state index is -0.509. The lowest BCUT2D eigenvalue weighted by molar-refractivity contribution is -0.384. The first-order valence-corrected chi connectivity index (χ1v) is 5.11. The predicted molar refractivity (Wildman–Crippen MR) is 70.9 cm³/mol. The van der Waals surface area contributed by atoms with E-state index in [0.29, 0.717) is 12.1 Å². The lowest BCUT2D eigenvalue weighted by atomic mass is 10.1. The van der Waals surface area contributed by atoms with Crippen LogP contribution in [0.3, 0.4) is 0 Å². The van der Waals surface area contributed by atoms with Crippen LogP contribution in [0.1, 0.15) is 24.2 Å². The van der Waals surface area contributed by atoms with Crippen LogP contribution in [0, 0.1) is 10.1 Å². The van der Waals surface area contributed by atoms with Gasteiger partial charge in [-0.15, -0.1) is 12.4 Å². The number of non-ortho nitro benzene ring substituents is 1. The lowest BCUT2D eigenvalue weighted by Gasteiger charge is -2.18. The zero-order chi connectivity index (χ0) is 13.1. The average molecular weight is 274 g/mol. The Morgan fingerprint density at radius 2 is 1.89 bits per heavy atom. The molecular weight excluding hydrogens is 258 g/mol. The van der Waals surface area contributed by atoms with E-state index in [1.165, 1.54) is 24.3 Å². The van der Waals surface area contributed by atoms with E-state index in [9.17, 15) is 14.9 Å². The zero-order valence-electron chi connectivity index (χ0n) is 10.2. The van der Waals surface area contributed by atoms with Gasteiger partial charge in [-0.2, -0.15) is 0 Å². The van der Waals surface area contributed by atoms with Crippen molar-refractivity contribution in [1.82, 2.24) is 5.32 Å². The maximum Gasteiger partial charge on any atom is 0.269 e. The van der Waals surface area contributed by atoms with Crippen molar-refractivity contribution in [3.8, 4) is 0 Å². The predicted octanol–water partition coefficient (Wildman–Crippen LogP) is 1.48. The van der Waals surface area contributed by atoms with Gasteiger partial charge in [0, 0.05) is 29.8 Å². The molecule has 0 radical (unpaired) electrons. The van der Waals surface area contributed by atoms with Gasteiger partial charge in [-0.25, -0.2) is 0 Å². The topological polar surface area (TPSA) is 98.3 Å². The molecule has 1 aromatic carbocycles. The summed E-state index contributed by atoms with van der Waals surface area (Å²) < 4.78 is 0. The highest BCUT2D eigenvalue weighted by Gasteiger charge is 2.14. The van der Waals surface area contributed by atoms with Crippen LogP contribution in [0.2, 0.25) is 0 Å². The molecule has 100 valence electrons. The maximum atomic E-state index is 11.6. The van der Waals surface area contributed by atoms with Gasteiger partial charge in [0.2, 0.25) is 0 Å². The van der Waals surface area contributed by atoms with Gasteiger partial charge in [0.25, 0.3) is 11.6 Å². The minimum Gasteiger partial charge on any atom is -0.350 e.